The second-order valence-electron chi connectivity index (χ2n) is 12.7. The second kappa shape index (κ2) is 36.5. The van der Waals surface area contributed by atoms with Gasteiger partial charge in [0, 0.05) is 20.0 Å². The molecule has 0 bridgehead atoms. The maximum atomic E-state index is 12.5. The first-order valence-corrected chi connectivity index (χ1v) is 21.0. The van der Waals surface area contributed by atoms with Crippen LogP contribution in [0.1, 0.15) is 162 Å². The van der Waals surface area contributed by atoms with Crippen LogP contribution in [0.2, 0.25) is 0 Å². The molecule has 8 nitrogen and oxygen atoms in total. The van der Waals surface area contributed by atoms with Crippen molar-refractivity contribution in [1.29, 1.82) is 0 Å². The molecule has 0 aliphatic rings. The summed E-state index contributed by atoms with van der Waals surface area (Å²) in [6.07, 6.45) is 44.1. The molecule has 2 unspecified atom stereocenters. The fourth-order valence-electron chi connectivity index (χ4n) is 5.00. The fourth-order valence-corrected chi connectivity index (χ4v) is 5.46. The van der Waals surface area contributed by atoms with Crippen molar-refractivity contribution in [2.24, 2.45) is 0 Å². The highest BCUT2D eigenvalue weighted by Crippen LogP contribution is 2.42. The Balaban J connectivity index is 4.09. The number of phosphoric acid groups is 1. The van der Waals surface area contributed by atoms with E-state index in [1.54, 1.807) is 0 Å². The molecule has 0 radical (unpaired) electrons. The second-order valence-corrected chi connectivity index (χ2v) is 14.2. The molecule has 288 valence electrons. The standard InChI is InChI=1S/C41H71O8P/c1-4-6-8-10-12-14-16-18-19-20-21-22-23-24-26-28-30-32-34-36-41(43)49-39(38-48-50(44,45)46-3)37-47-40(42)35-33-31-29-27-25-17-15-13-11-9-7-5-2/h6,8,12-15,18-19,21-22,39H,4-5,7,9-11,16-17,20,23-38H2,1-3H3,(H,44,45)/b8-6-,14-12-,15-13-,19-18-,22-21-. The first-order chi connectivity index (χ1) is 24.3. The van der Waals surface area contributed by atoms with Crippen LogP contribution in [0.3, 0.4) is 0 Å². The van der Waals surface area contributed by atoms with Gasteiger partial charge in [0.1, 0.15) is 6.61 Å². The zero-order chi connectivity index (χ0) is 36.8. The van der Waals surface area contributed by atoms with Gasteiger partial charge in [-0.15, -0.1) is 0 Å². The van der Waals surface area contributed by atoms with Crippen LogP contribution in [-0.4, -0.2) is 43.3 Å². The summed E-state index contributed by atoms with van der Waals surface area (Å²) in [6, 6.07) is 0. The Morgan fingerprint density at radius 3 is 1.54 bits per heavy atom. The zero-order valence-corrected chi connectivity index (χ0v) is 32.7. The Morgan fingerprint density at radius 2 is 1.02 bits per heavy atom. The number of carbonyl (C=O) groups is 2. The van der Waals surface area contributed by atoms with Crippen molar-refractivity contribution in [2.45, 2.75) is 168 Å². The smallest absolute Gasteiger partial charge is 0.462 e. The number of carbonyl (C=O) groups excluding carboxylic acids is 2. The molecule has 0 amide bonds. The summed E-state index contributed by atoms with van der Waals surface area (Å²) in [4.78, 5) is 34.3. The molecule has 2 atom stereocenters. The van der Waals surface area contributed by atoms with Gasteiger partial charge in [0.05, 0.1) is 6.61 Å². The van der Waals surface area contributed by atoms with Crippen molar-refractivity contribution in [2.75, 3.05) is 20.3 Å². The molecule has 0 aromatic carbocycles. The molecule has 0 spiro atoms. The number of esters is 2. The minimum absolute atomic E-state index is 0.224. The van der Waals surface area contributed by atoms with Crippen molar-refractivity contribution in [3.8, 4) is 0 Å². The highest BCUT2D eigenvalue weighted by atomic mass is 31.2. The molecular formula is C41H71O8P. The Kier molecular flexibility index (Phi) is 34.9. The quantitative estimate of drug-likeness (QED) is 0.0298. The predicted octanol–water partition coefficient (Wildman–Crippen LogP) is 12.0. The lowest BCUT2D eigenvalue weighted by Crippen LogP contribution is -2.29. The number of phosphoric ester groups is 1. The summed E-state index contributed by atoms with van der Waals surface area (Å²) < 4.78 is 31.9. The molecule has 1 N–H and O–H groups in total. The van der Waals surface area contributed by atoms with E-state index in [1.165, 1.54) is 25.7 Å². The molecule has 0 saturated heterocycles. The van der Waals surface area contributed by atoms with E-state index in [1.807, 2.05) is 0 Å². The molecule has 0 aliphatic heterocycles. The van der Waals surface area contributed by atoms with Gasteiger partial charge < -0.3 is 14.4 Å². The van der Waals surface area contributed by atoms with Gasteiger partial charge >= 0.3 is 19.8 Å². The Morgan fingerprint density at radius 1 is 0.580 bits per heavy atom. The molecule has 0 aromatic rings. The third-order valence-electron chi connectivity index (χ3n) is 8.00. The lowest BCUT2D eigenvalue weighted by atomic mass is 10.1. The highest BCUT2D eigenvalue weighted by molar-refractivity contribution is 7.47. The lowest BCUT2D eigenvalue weighted by molar-refractivity contribution is -0.161. The minimum atomic E-state index is -4.27. The van der Waals surface area contributed by atoms with Gasteiger partial charge in [-0.25, -0.2) is 4.57 Å². The van der Waals surface area contributed by atoms with Crippen molar-refractivity contribution in [3.63, 3.8) is 0 Å². The number of ether oxygens (including phenoxy) is 2. The van der Waals surface area contributed by atoms with Crippen LogP contribution >= 0.6 is 7.82 Å². The van der Waals surface area contributed by atoms with E-state index in [9.17, 15) is 19.0 Å². The van der Waals surface area contributed by atoms with Crippen LogP contribution in [0.5, 0.6) is 0 Å². The van der Waals surface area contributed by atoms with Gasteiger partial charge in [-0.2, -0.15) is 0 Å². The number of hydrogen-bond donors (Lipinski definition) is 1. The molecule has 0 aromatic heterocycles. The SMILES string of the molecule is CC/C=C\C/C=C\C/C=C\C/C=C\CCCCCCCCC(=O)OC(COC(=O)CCCCCCC/C=C\CCCCC)COP(=O)(O)OC. The number of hydrogen-bond acceptors (Lipinski definition) is 7. The van der Waals surface area contributed by atoms with E-state index in [2.05, 4.69) is 79.1 Å². The van der Waals surface area contributed by atoms with Crippen LogP contribution in [0.15, 0.2) is 60.8 Å². The van der Waals surface area contributed by atoms with Crippen molar-refractivity contribution in [3.05, 3.63) is 60.8 Å². The summed E-state index contributed by atoms with van der Waals surface area (Å²) in [7, 11) is -3.21. The van der Waals surface area contributed by atoms with Crippen molar-refractivity contribution < 1.29 is 37.6 Å². The zero-order valence-electron chi connectivity index (χ0n) is 31.8. The summed E-state index contributed by atoms with van der Waals surface area (Å²) in [5.74, 6) is -0.836. The van der Waals surface area contributed by atoms with E-state index < -0.39 is 26.5 Å². The number of unbranched alkanes of at least 4 members (excludes halogenated alkanes) is 14. The van der Waals surface area contributed by atoms with Gasteiger partial charge in [0.25, 0.3) is 0 Å². The van der Waals surface area contributed by atoms with Crippen LogP contribution in [-0.2, 0) is 32.7 Å². The van der Waals surface area contributed by atoms with Crippen LogP contribution < -0.4 is 0 Å². The monoisotopic (exact) mass is 722 g/mol. The van der Waals surface area contributed by atoms with E-state index >= 15 is 0 Å². The third-order valence-corrected chi connectivity index (χ3v) is 8.93. The maximum Gasteiger partial charge on any atom is 0.472 e. The van der Waals surface area contributed by atoms with Gasteiger partial charge in [0.2, 0.25) is 0 Å². The van der Waals surface area contributed by atoms with Crippen LogP contribution in [0.25, 0.3) is 0 Å². The van der Waals surface area contributed by atoms with Gasteiger partial charge in [-0.1, -0.05) is 132 Å². The first kappa shape index (κ1) is 47.8. The summed E-state index contributed by atoms with van der Waals surface area (Å²) in [6.45, 7) is 3.71. The Hall–Kier alpha value is -2.25. The summed E-state index contributed by atoms with van der Waals surface area (Å²) in [5, 5.41) is 0. The Labute approximate surface area is 305 Å². The average molecular weight is 723 g/mol. The number of rotatable bonds is 35. The maximum absolute atomic E-state index is 12.5. The normalized spacial score (nSPS) is 14.1. The van der Waals surface area contributed by atoms with E-state index in [0.29, 0.717) is 6.42 Å². The van der Waals surface area contributed by atoms with Crippen LogP contribution in [0, 0.1) is 0 Å². The molecule has 0 aliphatic carbocycles. The Bertz CT molecular complexity index is 1000. The molecule has 0 heterocycles. The van der Waals surface area contributed by atoms with Crippen molar-refractivity contribution in [1.82, 2.24) is 0 Å². The molecule has 0 rings (SSSR count). The summed E-state index contributed by atoms with van der Waals surface area (Å²) in [5.41, 5.74) is 0. The van der Waals surface area contributed by atoms with Crippen molar-refractivity contribution >= 4 is 19.8 Å². The topological polar surface area (TPSA) is 108 Å². The third kappa shape index (κ3) is 35.6. The minimum Gasteiger partial charge on any atom is -0.462 e. The van der Waals surface area contributed by atoms with Gasteiger partial charge in [-0.3, -0.25) is 18.6 Å². The molecular weight excluding hydrogens is 651 g/mol. The van der Waals surface area contributed by atoms with Gasteiger partial charge in [-0.05, 0) is 77.0 Å². The van der Waals surface area contributed by atoms with Gasteiger partial charge in [0.15, 0.2) is 6.10 Å². The summed E-state index contributed by atoms with van der Waals surface area (Å²) >= 11 is 0. The fraction of sp³-hybridized carbons (Fsp3) is 0.707. The van der Waals surface area contributed by atoms with E-state index in [-0.39, 0.29) is 25.4 Å². The van der Waals surface area contributed by atoms with Crippen LogP contribution in [0.4, 0.5) is 0 Å². The highest BCUT2D eigenvalue weighted by Gasteiger charge is 2.24. The first-order valence-electron chi connectivity index (χ1n) is 19.5. The number of allylic oxidation sites excluding steroid dienone is 10. The van der Waals surface area contributed by atoms with E-state index in [0.717, 1.165) is 110 Å². The van der Waals surface area contributed by atoms with E-state index in [4.69, 9.17) is 14.0 Å². The molecule has 0 saturated carbocycles. The average Bonchev–Trinajstić information content (AvgIpc) is 3.10. The lowest BCUT2D eigenvalue weighted by Gasteiger charge is -2.19. The predicted molar refractivity (Wildman–Crippen MR) is 207 cm³/mol. The molecule has 0 fully saturated rings. The molecule has 50 heavy (non-hydrogen) atoms. The molecule has 9 heteroatoms. The largest absolute Gasteiger partial charge is 0.472 e.